The monoisotopic (exact) mass is 239 g/mol. The number of carbonyl (C=O) groups is 1. The van der Waals surface area contributed by atoms with Gasteiger partial charge in [-0.1, -0.05) is 18.2 Å². The molecule has 3 N–H and O–H groups in total. The van der Waals surface area contributed by atoms with Gasteiger partial charge in [-0.05, 0) is 37.5 Å². The number of nitrogens with two attached hydrogens (primary N) is 1. The van der Waals surface area contributed by atoms with Crippen molar-refractivity contribution in [2.45, 2.75) is 38.9 Å². The zero-order chi connectivity index (χ0) is 13.2. The Labute approximate surface area is 100 Å². The molecule has 0 aliphatic heterocycles. The predicted octanol–water partition coefficient (Wildman–Crippen LogP) is 2.67. The fraction of sp³-hybridized carbons (Fsp3) is 0.462. The molecule has 0 spiro atoms. The molecule has 4 heteroatoms. The lowest BCUT2D eigenvalue weighted by Gasteiger charge is -2.19. The van der Waals surface area contributed by atoms with Gasteiger partial charge in [0.15, 0.2) is 0 Å². The molecule has 0 aromatic heterocycles. The minimum atomic E-state index is -1.45. The van der Waals surface area contributed by atoms with Crippen LogP contribution >= 0.6 is 0 Å². The number of alkyl halides is 1. The SMILES string of the molecule is Cc1ccc(C(C)(C)F)cc1C(N)CC(=O)O. The second kappa shape index (κ2) is 4.84. The van der Waals surface area contributed by atoms with Gasteiger partial charge in [-0.2, -0.15) is 0 Å². The van der Waals surface area contributed by atoms with Crippen LogP contribution in [0.15, 0.2) is 18.2 Å². The molecule has 1 atom stereocenters. The highest BCUT2D eigenvalue weighted by Crippen LogP contribution is 2.28. The van der Waals surface area contributed by atoms with E-state index in [1.165, 1.54) is 13.8 Å². The Morgan fingerprint density at radius 3 is 2.59 bits per heavy atom. The Bertz CT molecular complexity index is 424. The van der Waals surface area contributed by atoms with Crippen molar-refractivity contribution >= 4 is 5.97 Å². The van der Waals surface area contributed by atoms with Crippen molar-refractivity contribution < 1.29 is 14.3 Å². The Hall–Kier alpha value is -1.42. The first-order valence-corrected chi connectivity index (χ1v) is 5.49. The van der Waals surface area contributed by atoms with Crippen molar-refractivity contribution in [3.8, 4) is 0 Å². The van der Waals surface area contributed by atoms with Gasteiger partial charge in [0.1, 0.15) is 5.67 Å². The van der Waals surface area contributed by atoms with Gasteiger partial charge < -0.3 is 10.8 Å². The molecule has 0 heterocycles. The van der Waals surface area contributed by atoms with E-state index < -0.39 is 17.7 Å². The minimum Gasteiger partial charge on any atom is -0.481 e. The maximum Gasteiger partial charge on any atom is 0.305 e. The zero-order valence-corrected chi connectivity index (χ0v) is 10.3. The summed E-state index contributed by atoms with van der Waals surface area (Å²) in [6.45, 7) is 4.76. The first-order valence-electron chi connectivity index (χ1n) is 5.49. The van der Waals surface area contributed by atoms with E-state index in [1.54, 1.807) is 18.2 Å². The molecule has 0 saturated carbocycles. The van der Waals surface area contributed by atoms with Crippen molar-refractivity contribution in [1.29, 1.82) is 0 Å². The molecule has 0 amide bonds. The summed E-state index contributed by atoms with van der Waals surface area (Å²) in [6, 6.07) is 4.53. The molecular weight excluding hydrogens is 221 g/mol. The van der Waals surface area contributed by atoms with Crippen LogP contribution in [0.4, 0.5) is 4.39 Å². The smallest absolute Gasteiger partial charge is 0.305 e. The third-order valence-electron chi connectivity index (χ3n) is 2.76. The van der Waals surface area contributed by atoms with Crippen LogP contribution in [-0.2, 0) is 10.5 Å². The molecule has 1 rings (SSSR count). The number of aryl methyl sites for hydroxylation is 1. The molecule has 3 nitrogen and oxygen atoms in total. The van der Waals surface area contributed by atoms with Gasteiger partial charge in [-0.25, -0.2) is 4.39 Å². The van der Waals surface area contributed by atoms with E-state index in [-0.39, 0.29) is 6.42 Å². The summed E-state index contributed by atoms with van der Waals surface area (Å²) >= 11 is 0. The molecule has 1 aromatic carbocycles. The van der Waals surface area contributed by atoms with Gasteiger partial charge in [-0.3, -0.25) is 4.79 Å². The summed E-state index contributed by atoms with van der Waals surface area (Å²) in [5.74, 6) is -0.957. The van der Waals surface area contributed by atoms with Gasteiger partial charge in [-0.15, -0.1) is 0 Å². The van der Waals surface area contributed by atoms with Crippen LogP contribution in [0.3, 0.4) is 0 Å². The fourth-order valence-electron chi connectivity index (χ4n) is 1.71. The third kappa shape index (κ3) is 3.53. The number of carboxylic acids is 1. The quantitative estimate of drug-likeness (QED) is 0.849. The molecule has 1 unspecified atom stereocenters. The predicted molar refractivity (Wildman–Crippen MR) is 64.5 cm³/mol. The summed E-state index contributed by atoms with van der Waals surface area (Å²) in [5.41, 5.74) is 6.44. The zero-order valence-electron chi connectivity index (χ0n) is 10.3. The summed E-state index contributed by atoms with van der Waals surface area (Å²) in [6.07, 6.45) is -0.156. The summed E-state index contributed by atoms with van der Waals surface area (Å²) in [7, 11) is 0. The highest BCUT2D eigenvalue weighted by Gasteiger charge is 2.21. The first-order chi connectivity index (χ1) is 7.71. The van der Waals surface area contributed by atoms with Crippen molar-refractivity contribution in [1.82, 2.24) is 0 Å². The van der Waals surface area contributed by atoms with Crippen molar-refractivity contribution in [3.05, 3.63) is 34.9 Å². The van der Waals surface area contributed by atoms with Crippen LogP contribution in [0.5, 0.6) is 0 Å². The first kappa shape index (κ1) is 13.6. The molecule has 0 radical (unpaired) electrons. The lowest BCUT2D eigenvalue weighted by molar-refractivity contribution is -0.137. The molecule has 0 bridgehead atoms. The van der Waals surface area contributed by atoms with Crippen LogP contribution in [0.25, 0.3) is 0 Å². The molecule has 0 saturated heterocycles. The Kier molecular flexibility index (Phi) is 3.88. The number of halogens is 1. The van der Waals surface area contributed by atoms with Crippen LogP contribution in [0.1, 0.15) is 43.0 Å². The molecule has 1 aromatic rings. The van der Waals surface area contributed by atoms with Crippen molar-refractivity contribution in [3.63, 3.8) is 0 Å². The van der Waals surface area contributed by atoms with Gasteiger partial charge >= 0.3 is 5.97 Å². The second-order valence-corrected chi connectivity index (χ2v) is 4.75. The van der Waals surface area contributed by atoms with E-state index in [4.69, 9.17) is 10.8 Å². The number of hydrogen-bond acceptors (Lipinski definition) is 2. The molecule has 94 valence electrons. The normalized spacial score (nSPS) is 13.5. The summed E-state index contributed by atoms with van der Waals surface area (Å²) < 4.78 is 13.8. The van der Waals surface area contributed by atoms with Gasteiger partial charge in [0.2, 0.25) is 0 Å². The van der Waals surface area contributed by atoms with E-state index in [1.807, 2.05) is 6.92 Å². The molecular formula is C13H18FNO2. The number of benzene rings is 1. The lowest BCUT2D eigenvalue weighted by Crippen LogP contribution is -2.18. The maximum atomic E-state index is 13.8. The lowest BCUT2D eigenvalue weighted by atomic mass is 9.92. The Balaban J connectivity index is 3.10. The fourth-order valence-corrected chi connectivity index (χ4v) is 1.71. The maximum absolute atomic E-state index is 13.8. The van der Waals surface area contributed by atoms with E-state index in [0.29, 0.717) is 11.1 Å². The number of carboxylic acid groups (broad SMARTS) is 1. The molecule has 0 aliphatic rings. The van der Waals surface area contributed by atoms with E-state index in [2.05, 4.69) is 0 Å². The second-order valence-electron chi connectivity index (χ2n) is 4.75. The van der Waals surface area contributed by atoms with Gasteiger partial charge in [0.05, 0.1) is 6.42 Å². The van der Waals surface area contributed by atoms with Crippen LogP contribution < -0.4 is 5.73 Å². The third-order valence-corrected chi connectivity index (χ3v) is 2.76. The Morgan fingerprint density at radius 1 is 1.53 bits per heavy atom. The van der Waals surface area contributed by atoms with Crippen molar-refractivity contribution in [2.75, 3.05) is 0 Å². The Morgan fingerprint density at radius 2 is 2.12 bits per heavy atom. The summed E-state index contributed by atoms with van der Waals surface area (Å²) in [5, 5.41) is 8.71. The van der Waals surface area contributed by atoms with Crippen LogP contribution in [0.2, 0.25) is 0 Å². The topological polar surface area (TPSA) is 63.3 Å². The number of rotatable bonds is 4. The largest absolute Gasteiger partial charge is 0.481 e. The molecule has 0 aliphatic carbocycles. The van der Waals surface area contributed by atoms with Crippen LogP contribution in [-0.4, -0.2) is 11.1 Å². The van der Waals surface area contributed by atoms with E-state index >= 15 is 0 Å². The van der Waals surface area contributed by atoms with Crippen LogP contribution in [0, 0.1) is 6.92 Å². The molecule has 17 heavy (non-hydrogen) atoms. The minimum absolute atomic E-state index is 0.156. The van der Waals surface area contributed by atoms with E-state index in [0.717, 1.165) is 5.56 Å². The standard InChI is InChI=1S/C13H18FNO2/c1-8-4-5-9(13(2,3)14)6-10(8)11(15)7-12(16)17/h4-6,11H,7,15H2,1-3H3,(H,16,17). The van der Waals surface area contributed by atoms with Crippen molar-refractivity contribution in [2.24, 2.45) is 5.73 Å². The average Bonchev–Trinajstić information content (AvgIpc) is 2.15. The van der Waals surface area contributed by atoms with Gasteiger partial charge in [0, 0.05) is 6.04 Å². The number of hydrogen-bond donors (Lipinski definition) is 2. The van der Waals surface area contributed by atoms with E-state index in [9.17, 15) is 9.18 Å². The average molecular weight is 239 g/mol. The number of aliphatic carboxylic acids is 1. The molecule has 0 fully saturated rings. The summed E-state index contributed by atoms with van der Waals surface area (Å²) in [4.78, 5) is 10.6. The van der Waals surface area contributed by atoms with Gasteiger partial charge in [0.25, 0.3) is 0 Å². The highest BCUT2D eigenvalue weighted by atomic mass is 19.1. The highest BCUT2D eigenvalue weighted by molar-refractivity contribution is 5.68.